The molecule has 0 aromatic carbocycles. The number of nitrogens with one attached hydrogen (secondary N) is 2. The van der Waals surface area contributed by atoms with Gasteiger partial charge in [-0.3, -0.25) is 4.79 Å². The second-order valence-electron chi connectivity index (χ2n) is 8.28. The fourth-order valence-electron chi connectivity index (χ4n) is 4.28. The van der Waals surface area contributed by atoms with Crippen LogP contribution in [-0.2, 0) is 14.8 Å². The van der Waals surface area contributed by atoms with E-state index < -0.39 is 10.0 Å². The summed E-state index contributed by atoms with van der Waals surface area (Å²) in [6.07, 6.45) is 6.25. The summed E-state index contributed by atoms with van der Waals surface area (Å²) >= 11 is 0. The highest BCUT2D eigenvalue weighted by Crippen LogP contribution is 2.24. The normalized spacial score (nSPS) is 19.1. The fraction of sp³-hybridized carbons (Fsp3) is 0.750. The Kier molecular flexibility index (Phi) is 7.93. The van der Waals surface area contributed by atoms with E-state index in [1.165, 1.54) is 10.7 Å². The minimum atomic E-state index is -3.72. The van der Waals surface area contributed by atoms with E-state index >= 15 is 0 Å². The van der Waals surface area contributed by atoms with Gasteiger partial charge in [-0.15, -0.1) is 0 Å². The molecule has 1 aromatic heterocycles. The maximum Gasteiger partial charge on any atom is 0.315 e. The number of urea groups is 1. The largest absolute Gasteiger partial charge is 0.360 e. The molecular formula is C20H33N5O5S. The molecule has 2 fully saturated rings. The summed E-state index contributed by atoms with van der Waals surface area (Å²) in [5, 5.41) is 9.47. The Morgan fingerprint density at radius 3 is 2.48 bits per heavy atom. The van der Waals surface area contributed by atoms with Crippen molar-refractivity contribution in [2.24, 2.45) is 0 Å². The van der Waals surface area contributed by atoms with Gasteiger partial charge in [-0.25, -0.2) is 13.2 Å². The van der Waals surface area contributed by atoms with Crippen LogP contribution in [0, 0.1) is 13.8 Å². The van der Waals surface area contributed by atoms with Crippen LogP contribution in [0.3, 0.4) is 0 Å². The minimum Gasteiger partial charge on any atom is -0.360 e. The predicted octanol–water partition coefficient (Wildman–Crippen LogP) is 1.54. The van der Waals surface area contributed by atoms with Gasteiger partial charge in [0.1, 0.15) is 10.6 Å². The maximum absolute atomic E-state index is 13.0. The highest BCUT2D eigenvalue weighted by atomic mass is 32.2. The van der Waals surface area contributed by atoms with Crippen LogP contribution < -0.4 is 10.6 Å². The Hall–Kier alpha value is -2.14. The van der Waals surface area contributed by atoms with E-state index in [2.05, 4.69) is 15.8 Å². The van der Waals surface area contributed by atoms with Crippen LogP contribution in [0.4, 0.5) is 4.79 Å². The van der Waals surface area contributed by atoms with Gasteiger partial charge in [-0.1, -0.05) is 24.4 Å². The van der Waals surface area contributed by atoms with Crippen LogP contribution in [0.2, 0.25) is 0 Å². The summed E-state index contributed by atoms with van der Waals surface area (Å²) in [4.78, 5) is 26.4. The summed E-state index contributed by atoms with van der Waals surface area (Å²) in [7, 11) is -3.72. The van der Waals surface area contributed by atoms with Gasteiger partial charge in [-0.2, -0.15) is 4.31 Å². The van der Waals surface area contributed by atoms with Crippen LogP contribution in [0.1, 0.15) is 56.4 Å². The molecule has 31 heavy (non-hydrogen) atoms. The molecule has 2 heterocycles. The molecule has 0 radical (unpaired) electrons. The Balaban J connectivity index is 1.45. The molecule has 1 saturated heterocycles. The second-order valence-corrected chi connectivity index (χ2v) is 10.2. The molecule has 0 atom stereocenters. The number of hydrogen-bond donors (Lipinski definition) is 2. The maximum atomic E-state index is 13.0. The van der Waals surface area contributed by atoms with Gasteiger partial charge < -0.3 is 20.1 Å². The standard InChI is InChI=1S/C20H33N5O5S/c1-15-19(16(2)30-23-15)31(28,29)25-12-6-11-24(13-14-25)18(26)9-10-21-20(27)22-17-7-4-3-5-8-17/h17H,3-14H2,1-2H3,(H2,21,22,27). The Morgan fingerprint density at radius 1 is 1.06 bits per heavy atom. The van der Waals surface area contributed by atoms with Crippen molar-refractivity contribution in [3.63, 3.8) is 0 Å². The average molecular weight is 456 g/mol. The first-order valence-corrected chi connectivity index (χ1v) is 12.5. The number of aromatic nitrogens is 1. The number of aryl methyl sites for hydroxylation is 2. The predicted molar refractivity (Wildman–Crippen MR) is 114 cm³/mol. The molecule has 2 aliphatic rings. The highest BCUT2D eigenvalue weighted by Gasteiger charge is 2.32. The summed E-state index contributed by atoms with van der Waals surface area (Å²) in [6, 6.07) is -0.00649. The van der Waals surface area contributed by atoms with E-state index in [9.17, 15) is 18.0 Å². The molecule has 1 aliphatic carbocycles. The molecule has 174 valence electrons. The first kappa shape index (κ1) is 23.5. The molecule has 0 spiro atoms. The monoisotopic (exact) mass is 455 g/mol. The molecule has 10 nitrogen and oxygen atoms in total. The van der Waals surface area contributed by atoms with Crippen molar-refractivity contribution < 1.29 is 22.5 Å². The first-order chi connectivity index (χ1) is 14.8. The Bertz CT molecular complexity index is 859. The molecule has 3 rings (SSSR count). The van der Waals surface area contributed by atoms with Crippen LogP contribution in [0.25, 0.3) is 0 Å². The van der Waals surface area contributed by atoms with Crippen molar-refractivity contribution in [2.75, 3.05) is 32.7 Å². The topological polar surface area (TPSA) is 125 Å². The van der Waals surface area contributed by atoms with Gasteiger partial charge in [0, 0.05) is 45.2 Å². The summed E-state index contributed by atoms with van der Waals surface area (Å²) < 4.78 is 32.4. The third kappa shape index (κ3) is 5.97. The summed E-state index contributed by atoms with van der Waals surface area (Å²) in [5.41, 5.74) is 0.340. The Labute approximate surface area is 183 Å². The van der Waals surface area contributed by atoms with Crippen molar-refractivity contribution in [1.82, 2.24) is 25.0 Å². The lowest BCUT2D eigenvalue weighted by atomic mass is 9.96. The summed E-state index contributed by atoms with van der Waals surface area (Å²) in [6.45, 7) is 4.80. The molecule has 2 N–H and O–H groups in total. The van der Waals surface area contributed by atoms with Gasteiger partial charge in [-0.05, 0) is 33.1 Å². The third-order valence-corrected chi connectivity index (χ3v) is 8.08. The number of carbonyl (C=O) groups excluding carboxylic acids is 2. The van der Waals surface area contributed by atoms with Crippen molar-refractivity contribution in [2.45, 2.75) is 69.7 Å². The number of hydrogen-bond acceptors (Lipinski definition) is 6. The lowest BCUT2D eigenvalue weighted by Crippen LogP contribution is -2.44. The van der Waals surface area contributed by atoms with E-state index in [1.807, 2.05) is 0 Å². The van der Waals surface area contributed by atoms with E-state index in [0.717, 1.165) is 25.7 Å². The number of sulfonamides is 1. The lowest BCUT2D eigenvalue weighted by molar-refractivity contribution is -0.130. The van der Waals surface area contributed by atoms with Crippen molar-refractivity contribution in [3.8, 4) is 0 Å². The molecule has 1 aromatic rings. The third-order valence-electron chi connectivity index (χ3n) is 5.94. The van der Waals surface area contributed by atoms with Crippen molar-refractivity contribution >= 4 is 22.0 Å². The number of amides is 3. The molecular weight excluding hydrogens is 422 g/mol. The zero-order valence-corrected chi connectivity index (χ0v) is 19.2. The highest BCUT2D eigenvalue weighted by molar-refractivity contribution is 7.89. The van der Waals surface area contributed by atoms with Crippen LogP contribution in [0.15, 0.2) is 9.42 Å². The van der Waals surface area contributed by atoms with Gasteiger partial charge in [0.25, 0.3) is 0 Å². The van der Waals surface area contributed by atoms with Gasteiger partial charge in [0.2, 0.25) is 15.9 Å². The zero-order chi connectivity index (χ0) is 22.4. The molecule has 1 aliphatic heterocycles. The quantitative estimate of drug-likeness (QED) is 0.670. The Morgan fingerprint density at radius 2 is 1.81 bits per heavy atom. The molecule has 0 bridgehead atoms. The first-order valence-electron chi connectivity index (χ1n) is 11.0. The van der Waals surface area contributed by atoms with Gasteiger partial charge >= 0.3 is 6.03 Å². The van der Waals surface area contributed by atoms with Gasteiger partial charge in [0.05, 0.1) is 0 Å². The molecule has 1 saturated carbocycles. The smallest absolute Gasteiger partial charge is 0.315 e. The number of nitrogens with zero attached hydrogens (tertiary/aromatic N) is 3. The molecule has 0 unspecified atom stereocenters. The van der Waals surface area contributed by atoms with Crippen molar-refractivity contribution in [1.29, 1.82) is 0 Å². The van der Waals surface area contributed by atoms with E-state index in [1.54, 1.807) is 18.7 Å². The summed E-state index contributed by atoms with van der Waals surface area (Å²) in [5.74, 6) is 0.182. The van der Waals surface area contributed by atoms with E-state index in [4.69, 9.17) is 4.52 Å². The van der Waals surface area contributed by atoms with Crippen LogP contribution in [-0.4, -0.2) is 73.5 Å². The number of rotatable bonds is 6. The number of carbonyl (C=O) groups is 2. The van der Waals surface area contributed by atoms with Crippen LogP contribution >= 0.6 is 0 Å². The lowest BCUT2D eigenvalue weighted by Gasteiger charge is -2.23. The van der Waals surface area contributed by atoms with E-state index in [0.29, 0.717) is 31.7 Å². The SMILES string of the molecule is Cc1noc(C)c1S(=O)(=O)N1CCCN(C(=O)CCNC(=O)NC2CCCCC2)CC1. The average Bonchev–Trinajstić information content (AvgIpc) is 2.93. The second kappa shape index (κ2) is 10.4. The van der Waals surface area contributed by atoms with Crippen LogP contribution in [0.5, 0.6) is 0 Å². The van der Waals surface area contributed by atoms with Crippen molar-refractivity contribution in [3.05, 3.63) is 11.5 Å². The van der Waals surface area contributed by atoms with E-state index in [-0.39, 0.29) is 48.1 Å². The molecule has 3 amide bonds. The minimum absolute atomic E-state index is 0.0884. The fourth-order valence-corrected chi connectivity index (χ4v) is 6.04. The molecule has 11 heteroatoms. The zero-order valence-electron chi connectivity index (χ0n) is 18.4. The van der Waals surface area contributed by atoms with Gasteiger partial charge in [0.15, 0.2) is 5.76 Å².